The van der Waals surface area contributed by atoms with E-state index in [2.05, 4.69) is 19.2 Å². The van der Waals surface area contributed by atoms with Gasteiger partial charge in [-0.1, -0.05) is 258 Å². The van der Waals surface area contributed by atoms with E-state index in [1.165, 1.54) is 212 Å². The summed E-state index contributed by atoms with van der Waals surface area (Å²) in [6.07, 6.45) is 44.1. The fraction of sp³-hybridized carbons (Fsp3) is 0.981. The van der Waals surface area contributed by atoms with Crippen LogP contribution in [-0.4, -0.2) is 87.5 Å². The number of ether oxygens (including phenoxy) is 2. The Hall–Kier alpha value is -0.810. The van der Waals surface area contributed by atoms with Crippen molar-refractivity contribution in [2.45, 2.75) is 320 Å². The van der Waals surface area contributed by atoms with E-state index in [0.29, 0.717) is 12.8 Å². The van der Waals surface area contributed by atoms with Gasteiger partial charge in [0.2, 0.25) is 5.91 Å². The highest BCUT2D eigenvalue weighted by Crippen LogP contribution is 2.23. The molecule has 0 aliphatic carbocycles. The standard InChI is InChI=1S/C53H105NO8/c1-3-5-7-9-11-13-15-17-19-20-21-22-23-24-25-26-27-29-31-33-35-37-39-41-43-49(57)54-46(45-61-53-52(60)51(59)50(58)48(44-55)62-53)47(56)42-40-38-36-34-32-30-28-18-16-14-12-10-8-6-4-2/h46-48,50-53,55-56,58-60H,3-45H2,1-2H3,(H,54,57)/t46-,47+,48+,50+,51?,52?,53+/m0/s1. The molecule has 0 aromatic rings. The van der Waals surface area contributed by atoms with Gasteiger partial charge in [0.15, 0.2) is 6.29 Å². The van der Waals surface area contributed by atoms with E-state index in [4.69, 9.17) is 9.47 Å². The summed E-state index contributed by atoms with van der Waals surface area (Å²) in [5, 5.41) is 54.5. The molecule has 6 N–H and O–H groups in total. The van der Waals surface area contributed by atoms with Gasteiger partial charge in [0.25, 0.3) is 0 Å². The highest BCUT2D eigenvalue weighted by atomic mass is 16.7. The molecule has 1 aliphatic rings. The van der Waals surface area contributed by atoms with Crippen LogP contribution in [0.2, 0.25) is 0 Å². The molecule has 7 atom stereocenters. The SMILES string of the molecule is CCCCCCCCCCCCCCCCCCCCCCCCCCC(=O)N[C@@H](CO[C@@H]1O[C@H](CO)[C@@H](O)C(O)C1O)[C@H](O)CCCCCCCCCCCCCCCCC. The lowest BCUT2D eigenvalue weighted by Crippen LogP contribution is -2.60. The zero-order valence-corrected chi connectivity index (χ0v) is 40.9. The number of carbonyl (C=O) groups excluding carboxylic acids is 1. The fourth-order valence-electron chi connectivity index (χ4n) is 9.11. The zero-order chi connectivity index (χ0) is 45.1. The second-order valence-electron chi connectivity index (χ2n) is 19.4. The Labute approximate surface area is 383 Å². The van der Waals surface area contributed by atoms with Crippen molar-refractivity contribution in [2.75, 3.05) is 13.2 Å². The summed E-state index contributed by atoms with van der Waals surface area (Å²) >= 11 is 0. The van der Waals surface area contributed by atoms with Gasteiger partial charge in [0.05, 0.1) is 25.4 Å². The summed E-state index contributed by atoms with van der Waals surface area (Å²) in [5.41, 5.74) is 0. The van der Waals surface area contributed by atoms with Crippen molar-refractivity contribution in [3.8, 4) is 0 Å². The second kappa shape index (κ2) is 44.0. The third-order valence-electron chi connectivity index (χ3n) is 13.5. The number of unbranched alkanes of at least 4 members (excludes halogenated alkanes) is 37. The molecular weight excluding hydrogens is 779 g/mol. The van der Waals surface area contributed by atoms with Gasteiger partial charge >= 0.3 is 0 Å². The van der Waals surface area contributed by atoms with Crippen LogP contribution in [0.15, 0.2) is 0 Å². The molecule has 1 heterocycles. The summed E-state index contributed by atoms with van der Waals surface area (Å²) in [6.45, 7) is 3.87. The van der Waals surface area contributed by atoms with E-state index in [1.807, 2.05) is 0 Å². The Bertz CT molecular complexity index is 939. The first-order valence-corrected chi connectivity index (χ1v) is 27.2. The maximum atomic E-state index is 13.0. The monoisotopic (exact) mass is 884 g/mol. The molecule has 1 saturated heterocycles. The van der Waals surface area contributed by atoms with E-state index in [0.717, 1.165) is 38.5 Å². The molecule has 0 spiro atoms. The predicted octanol–water partition coefficient (Wildman–Crippen LogP) is 12.7. The average molecular weight is 884 g/mol. The van der Waals surface area contributed by atoms with Gasteiger partial charge < -0.3 is 40.3 Å². The third kappa shape index (κ3) is 33.6. The lowest BCUT2D eigenvalue weighted by Gasteiger charge is -2.40. The molecule has 1 amide bonds. The minimum atomic E-state index is -1.55. The van der Waals surface area contributed by atoms with Crippen LogP contribution in [0.3, 0.4) is 0 Å². The van der Waals surface area contributed by atoms with Crippen LogP contribution in [-0.2, 0) is 14.3 Å². The third-order valence-corrected chi connectivity index (χ3v) is 13.5. The molecule has 1 aliphatic heterocycles. The smallest absolute Gasteiger partial charge is 0.220 e. The van der Waals surface area contributed by atoms with Crippen LogP contribution < -0.4 is 5.32 Å². The van der Waals surface area contributed by atoms with Crippen LogP contribution in [0.5, 0.6) is 0 Å². The molecule has 62 heavy (non-hydrogen) atoms. The fourth-order valence-corrected chi connectivity index (χ4v) is 9.11. The molecule has 9 nitrogen and oxygen atoms in total. The van der Waals surface area contributed by atoms with Crippen molar-refractivity contribution >= 4 is 5.91 Å². The molecule has 0 aromatic carbocycles. The molecule has 370 valence electrons. The molecule has 1 rings (SSSR count). The molecule has 0 saturated carbocycles. The number of rotatable bonds is 47. The Kier molecular flexibility index (Phi) is 42.1. The number of nitrogens with one attached hydrogen (secondary N) is 1. The van der Waals surface area contributed by atoms with E-state index in [1.54, 1.807) is 0 Å². The highest BCUT2D eigenvalue weighted by Gasteiger charge is 2.44. The number of carbonyl (C=O) groups is 1. The van der Waals surface area contributed by atoms with E-state index >= 15 is 0 Å². The van der Waals surface area contributed by atoms with Crippen molar-refractivity contribution in [1.29, 1.82) is 0 Å². The number of hydrogen-bond acceptors (Lipinski definition) is 8. The first-order valence-electron chi connectivity index (χ1n) is 27.2. The van der Waals surface area contributed by atoms with Gasteiger partial charge in [-0.25, -0.2) is 0 Å². The predicted molar refractivity (Wildman–Crippen MR) is 258 cm³/mol. The summed E-state index contributed by atoms with van der Waals surface area (Å²) in [5.74, 6) is -0.137. The molecule has 0 radical (unpaired) electrons. The Morgan fingerprint density at radius 3 is 1.15 bits per heavy atom. The van der Waals surface area contributed by atoms with Crippen molar-refractivity contribution in [1.82, 2.24) is 5.32 Å². The summed E-state index contributed by atoms with van der Waals surface area (Å²) < 4.78 is 11.3. The first-order chi connectivity index (χ1) is 30.3. The summed E-state index contributed by atoms with van der Waals surface area (Å²) in [6, 6.07) is -0.712. The first kappa shape index (κ1) is 59.2. The Morgan fingerprint density at radius 1 is 0.484 bits per heavy atom. The Balaban J connectivity index is 2.19. The van der Waals surface area contributed by atoms with Crippen LogP contribution in [0.4, 0.5) is 0 Å². The molecule has 0 aromatic heterocycles. The van der Waals surface area contributed by atoms with Gasteiger partial charge in [0.1, 0.15) is 24.4 Å². The second-order valence-corrected chi connectivity index (χ2v) is 19.4. The van der Waals surface area contributed by atoms with Gasteiger partial charge in [-0.05, 0) is 12.8 Å². The number of aliphatic hydroxyl groups is 5. The minimum absolute atomic E-state index is 0.131. The van der Waals surface area contributed by atoms with Crippen molar-refractivity contribution in [3.05, 3.63) is 0 Å². The van der Waals surface area contributed by atoms with Gasteiger partial charge in [-0.15, -0.1) is 0 Å². The van der Waals surface area contributed by atoms with Crippen LogP contribution in [0.25, 0.3) is 0 Å². The van der Waals surface area contributed by atoms with Crippen molar-refractivity contribution in [3.63, 3.8) is 0 Å². The lowest BCUT2D eigenvalue weighted by molar-refractivity contribution is -0.302. The number of hydrogen-bond donors (Lipinski definition) is 6. The topological polar surface area (TPSA) is 149 Å². The highest BCUT2D eigenvalue weighted by molar-refractivity contribution is 5.76. The Morgan fingerprint density at radius 2 is 0.806 bits per heavy atom. The summed E-state index contributed by atoms with van der Waals surface area (Å²) in [7, 11) is 0. The largest absolute Gasteiger partial charge is 0.394 e. The van der Waals surface area contributed by atoms with Crippen molar-refractivity contribution < 1.29 is 39.8 Å². The molecule has 1 fully saturated rings. The number of amides is 1. The van der Waals surface area contributed by atoms with Gasteiger partial charge in [-0.3, -0.25) is 4.79 Å². The van der Waals surface area contributed by atoms with E-state index in [-0.39, 0.29) is 12.5 Å². The zero-order valence-electron chi connectivity index (χ0n) is 40.9. The van der Waals surface area contributed by atoms with Crippen molar-refractivity contribution in [2.24, 2.45) is 0 Å². The molecule has 9 heteroatoms. The minimum Gasteiger partial charge on any atom is -0.394 e. The van der Waals surface area contributed by atoms with E-state index < -0.39 is 49.5 Å². The average Bonchev–Trinajstić information content (AvgIpc) is 3.27. The molecule has 0 bridgehead atoms. The summed E-state index contributed by atoms with van der Waals surface area (Å²) in [4.78, 5) is 13.0. The van der Waals surface area contributed by atoms with E-state index in [9.17, 15) is 30.3 Å². The van der Waals surface area contributed by atoms with Gasteiger partial charge in [-0.2, -0.15) is 0 Å². The molecular formula is C53H105NO8. The number of aliphatic hydroxyl groups excluding tert-OH is 5. The van der Waals surface area contributed by atoms with Crippen LogP contribution >= 0.6 is 0 Å². The quantitative estimate of drug-likeness (QED) is 0.0331. The maximum Gasteiger partial charge on any atom is 0.220 e. The van der Waals surface area contributed by atoms with Crippen LogP contribution in [0, 0.1) is 0 Å². The van der Waals surface area contributed by atoms with Crippen LogP contribution in [0.1, 0.15) is 277 Å². The lowest BCUT2D eigenvalue weighted by atomic mass is 9.99. The maximum absolute atomic E-state index is 13.0. The van der Waals surface area contributed by atoms with Gasteiger partial charge in [0, 0.05) is 6.42 Å². The molecule has 2 unspecified atom stereocenters. The normalized spacial score (nSPS) is 20.1.